The first-order valence-electron chi connectivity index (χ1n) is 20.8. The van der Waals surface area contributed by atoms with Gasteiger partial charge < -0.3 is 43.8 Å². The van der Waals surface area contributed by atoms with Gasteiger partial charge in [-0.1, -0.05) is 98.6 Å². The van der Waals surface area contributed by atoms with E-state index in [0.717, 1.165) is 14.2 Å². The average Bonchev–Trinajstić information content (AvgIpc) is 3.67. The van der Waals surface area contributed by atoms with E-state index in [1.165, 1.54) is 22.6 Å². The van der Waals surface area contributed by atoms with Gasteiger partial charge in [-0.25, -0.2) is 9.59 Å². The second-order valence-electron chi connectivity index (χ2n) is 13.2. The number of benzene rings is 2. The summed E-state index contributed by atoms with van der Waals surface area (Å²) in [5.41, 5.74) is 2.09. The van der Waals surface area contributed by atoms with E-state index in [-0.39, 0.29) is 42.9 Å². The Kier molecular flexibility index (Phi) is 28.4. The van der Waals surface area contributed by atoms with Gasteiger partial charge in [-0.15, -0.1) is 0 Å². The second-order valence-corrected chi connectivity index (χ2v) is 13.2. The molecule has 0 atom stereocenters. The number of hydrogen-bond acceptors (Lipinski definition) is 13. The first kappa shape index (κ1) is 55.7. The Morgan fingerprint density at radius 2 is 1.06 bits per heavy atom. The normalized spacial score (nSPS) is 9.85. The van der Waals surface area contributed by atoms with Gasteiger partial charge in [0, 0.05) is 24.0 Å². The van der Waals surface area contributed by atoms with Crippen LogP contribution in [-0.4, -0.2) is 124 Å². The summed E-state index contributed by atoms with van der Waals surface area (Å²) in [6.07, 6.45) is 2.00. The predicted octanol–water partition coefficient (Wildman–Crippen LogP) is 6.91. The highest BCUT2D eigenvalue weighted by atomic mass is 16.5. The third-order valence-electron chi connectivity index (χ3n) is 7.82. The zero-order chi connectivity index (χ0) is 47.2. The lowest BCUT2D eigenvalue weighted by Gasteiger charge is -2.21. The van der Waals surface area contributed by atoms with Gasteiger partial charge in [0.05, 0.1) is 19.8 Å². The second kappa shape index (κ2) is 31.6. The minimum atomic E-state index is -0.810. The van der Waals surface area contributed by atoms with Crippen LogP contribution in [0, 0.1) is 6.92 Å². The van der Waals surface area contributed by atoms with Gasteiger partial charge in [0.1, 0.15) is 37.5 Å². The summed E-state index contributed by atoms with van der Waals surface area (Å²) < 4.78 is 25.1. The van der Waals surface area contributed by atoms with E-state index < -0.39 is 73.8 Å². The van der Waals surface area contributed by atoms with Crippen LogP contribution in [0.1, 0.15) is 108 Å². The van der Waals surface area contributed by atoms with Crippen molar-refractivity contribution in [2.24, 2.45) is 0 Å². The molecule has 17 heteroatoms. The molecule has 1 heterocycles. The molecule has 0 fully saturated rings. The molecule has 0 unspecified atom stereocenters. The number of furan rings is 1. The highest BCUT2D eigenvalue weighted by Gasteiger charge is 2.23. The molecule has 1 aromatic heterocycles. The minimum absolute atomic E-state index is 0.172. The van der Waals surface area contributed by atoms with E-state index in [0.29, 0.717) is 35.1 Å². The molecular weight excluding hydrogens is 805 g/mol. The zero-order valence-electron chi connectivity index (χ0n) is 38.2. The van der Waals surface area contributed by atoms with E-state index in [9.17, 15) is 38.4 Å². The van der Waals surface area contributed by atoms with Crippen molar-refractivity contribution in [3.63, 3.8) is 0 Å². The molecule has 0 aliphatic rings. The molecule has 0 aliphatic carbocycles. The Morgan fingerprint density at radius 1 is 0.629 bits per heavy atom. The summed E-state index contributed by atoms with van der Waals surface area (Å²) in [7, 11) is 2.32. The number of Topliss-reactive ketones (excluding diaryl/α,β-unsaturated/α-hetero) is 2. The van der Waals surface area contributed by atoms with Crippen molar-refractivity contribution in [2.75, 3.05) is 66.7 Å². The lowest BCUT2D eigenvalue weighted by atomic mass is 9.96. The van der Waals surface area contributed by atoms with Gasteiger partial charge >= 0.3 is 24.1 Å². The summed E-state index contributed by atoms with van der Waals surface area (Å²) >= 11 is 0. The molecule has 0 saturated heterocycles. The van der Waals surface area contributed by atoms with Crippen LogP contribution in [0.25, 0.3) is 22.1 Å². The number of nitrogens with zero attached hydrogens (tertiary/aromatic N) is 2. The Hall–Kier alpha value is -6.26. The third kappa shape index (κ3) is 19.9. The molecule has 0 aliphatic heterocycles. The number of aryl methyl sites for hydroxylation is 1. The van der Waals surface area contributed by atoms with Gasteiger partial charge in [-0.05, 0) is 43.0 Å². The number of ketones is 2. The largest absolute Gasteiger partial charge is 0.461 e. The summed E-state index contributed by atoms with van der Waals surface area (Å²) in [6.45, 7) is 15.6. The van der Waals surface area contributed by atoms with Crippen molar-refractivity contribution in [1.29, 1.82) is 0 Å². The molecule has 344 valence electrons. The monoisotopic (exact) mass is 870 g/mol. The first-order chi connectivity index (χ1) is 29.6. The third-order valence-corrected chi connectivity index (χ3v) is 7.82. The number of esters is 2. The summed E-state index contributed by atoms with van der Waals surface area (Å²) in [5.74, 6) is -3.14. The van der Waals surface area contributed by atoms with E-state index in [2.05, 4.69) is 47.8 Å². The highest BCUT2D eigenvalue weighted by molar-refractivity contribution is 6.11. The Balaban J connectivity index is 0.00000432. The van der Waals surface area contributed by atoms with Crippen molar-refractivity contribution in [3.8, 4) is 11.1 Å². The number of fused-ring (bicyclic) bond motifs is 1. The number of methoxy groups -OCH3 is 2. The molecule has 3 rings (SSSR count). The first-order valence-corrected chi connectivity index (χ1v) is 20.8. The number of nitrogens with one attached hydrogen (secondary N) is 2. The topological polar surface area (TPSA) is 217 Å². The molecule has 0 bridgehead atoms. The number of rotatable bonds is 19. The number of carbonyl (C=O) groups excluding carboxylic acids is 8. The van der Waals surface area contributed by atoms with Gasteiger partial charge in [0.2, 0.25) is 17.6 Å². The SMILES string of the molecule is CC.CCC.CCC.CCCN(CC(=O)OCC(=O)c1ccc(-c2ccc(C(=O)COC(=O)CN(CCC)C(=O)CNC(=O)OC)c3oc(C)cc23)cc1)C(=O)CNC(=O)OC. The number of amides is 4. The van der Waals surface area contributed by atoms with Gasteiger partial charge in [-0.2, -0.15) is 0 Å². The van der Waals surface area contributed by atoms with E-state index in [4.69, 9.17) is 13.9 Å². The van der Waals surface area contributed by atoms with Crippen molar-refractivity contribution >= 4 is 58.5 Å². The van der Waals surface area contributed by atoms with Crippen LogP contribution in [0.15, 0.2) is 46.9 Å². The van der Waals surface area contributed by atoms with E-state index in [1.54, 1.807) is 49.4 Å². The fourth-order valence-corrected chi connectivity index (χ4v) is 5.20. The molecule has 0 saturated carbocycles. The molecule has 2 N–H and O–H groups in total. The smallest absolute Gasteiger partial charge is 0.407 e. The molecule has 2 aromatic carbocycles. The minimum Gasteiger partial charge on any atom is -0.461 e. The average molecular weight is 871 g/mol. The summed E-state index contributed by atoms with van der Waals surface area (Å²) in [6, 6.07) is 11.5. The maximum Gasteiger partial charge on any atom is 0.407 e. The highest BCUT2D eigenvalue weighted by Crippen LogP contribution is 2.33. The van der Waals surface area contributed by atoms with Crippen LogP contribution in [0.2, 0.25) is 0 Å². The van der Waals surface area contributed by atoms with Crippen LogP contribution in [-0.2, 0) is 38.1 Å². The quantitative estimate of drug-likeness (QED) is 0.0712. The lowest BCUT2D eigenvalue weighted by molar-refractivity contribution is -0.148. The lowest BCUT2D eigenvalue weighted by Crippen LogP contribution is -2.43. The van der Waals surface area contributed by atoms with Crippen molar-refractivity contribution in [2.45, 2.75) is 88.0 Å². The standard InChI is InChI=1S/C37H44N4O13.2C3H8.C2H6/c1-6-14-40(31(44)17-38-36(48)50-4)19-33(46)52-21-29(42)25-10-8-24(9-11-25)26-12-13-27(35-28(26)16-23(3)54-35)30(43)22-53-34(47)20-41(15-7-2)32(45)18-39-37(49)51-5;2*1-3-2;1-2/h8-13,16H,6-7,14-15,17-22H2,1-5H3,(H,38,48)(H,39,49);2*3H2,1-2H3;1-2H3. The van der Waals surface area contributed by atoms with Crippen LogP contribution in [0.5, 0.6) is 0 Å². The number of alkyl carbamates (subject to hydrolysis) is 2. The molecule has 4 amide bonds. The van der Waals surface area contributed by atoms with E-state index in [1.807, 2.05) is 27.7 Å². The molecule has 62 heavy (non-hydrogen) atoms. The van der Waals surface area contributed by atoms with Gasteiger partial charge in [0.25, 0.3) is 0 Å². The van der Waals surface area contributed by atoms with Crippen LogP contribution in [0.4, 0.5) is 9.59 Å². The van der Waals surface area contributed by atoms with Crippen LogP contribution < -0.4 is 10.6 Å². The zero-order valence-corrected chi connectivity index (χ0v) is 38.2. The molecular formula is C45H66N4O13. The maximum atomic E-state index is 13.2. The van der Waals surface area contributed by atoms with Crippen LogP contribution in [0.3, 0.4) is 0 Å². The molecule has 17 nitrogen and oxygen atoms in total. The fourth-order valence-electron chi connectivity index (χ4n) is 5.20. The molecule has 0 radical (unpaired) electrons. The van der Waals surface area contributed by atoms with Gasteiger partial charge in [-0.3, -0.25) is 28.8 Å². The molecule has 0 spiro atoms. The fraction of sp³-hybridized carbons (Fsp3) is 0.511. The maximum absolute atomic E-state index is 13.2. The Labute approximate surface area is 365 Å². The number of carbonyl (C=O) groups is 8. The summed E-state index contributed by atoms with van der Waals surface area (Å²) in [4.78, 5) is 101. The van der Waals surface area contributed by atoms with E-state index >= 15 is 0 Å². The number of hydrogen-bond donors (Lipinski definition) is 2. The number of ether oxygens (including phenoxy) is 4. The predicted molar refractivity (Wildman–Crippen MR) is 235 cm³/mol. The Morgan fingerprint density at radius 3 is 1.48 bits per heavy atom. The van der Waals surface area contributed by atoms with Gasteiger partial charge in [0.15, 0.2) is 19.0 Å². The van der Waals surface area contributed by atoms with Crippen molar-refractivity contribution in [1.82, 2.24) is 20.4 Å². The summed E-state index contributed by atoms with van der Waals surface area (Å²) in [5, 5.41) is 5.13. The Bertz CT molecular complexity index is 1890. The van der Waals surface area contributed by atoms with Crippen LogP contribution >= 0.6 is 0 Å². The van der Waals surface area contributed by atoms with Crippen molar-refractivity contribution in [3.05, 3.63) is 59.4 Å². The molecule has 3 aromatic rings. The van der Waals surface area contributed by atoms with Crippen molar-refractivity contribution < 1.29 is 61.7 Å².